The first kappa shape index (κ1) is 15.2. The number of imidazole rings is 1. The third-order valence-electron chi connectivity index (χ3n) is 3.14. The SMILES string of the molecule is CCOc1ccc(OCC)c(NCc2nccn2CC)c1. The quantitative estimate of drug-likeness (QED) is 0.810. The number of ether oxygens (including phenoxy) is 2. The van der Waals surface area contributed by atoms with E-state index in [1.807, 2.05) is 44.4 Å². The Bertz CT molecular complexity index is 566. The molecule has 1 aromatic carbocycles. The molecule has 0 fully saturated rings. The maximum Gasteiger partial charge on any atom is 0.142 e. The van der Waals surface area contributed by atoms with E-state index in [4.69, 9.17) is 9.47 Å². The van der Waals surface area contributed by atoms with Crippen LogP contribution < -0.4 is 14.8 Å². The topological polar surface area (TPSA) is 48.3 Å². The number of benzene rings is 1. The second-order valence-electron chi connectivity index (χ2n) is 4.51. The Balaban J connectivity index is 2.14. The van der Waals surface area contributed by atoms with E-state index < -0.39 is 0 Å². The lowest BCUT2D eigenvalue weighted by atomic mass is 10.2. The van der Waals surface area contributed by atoms with Gasteiger partial charge in [0.15, 0.2) is 0 Å². The van der Waals surface area contributed by atoms with Crippen LogP contribution in [0.15, 0.2) is 30.6 Å². The monoisotopic (exact) mass is 289 g/mol. The Morgan fingerprint density at radius 2 is 1.95 bits per heavy atom. The molecule has 0 aliphatic carbocycles. The van der Waals surface area contributed by atoms with Crippen LogP contribution in [0.2, 0.25) is 0 Å². The van der Waals surface area contributed by atoms with Crippen molar-refractivity contribution >= 4 is 5.69 Å². The normalized spacial score (nSPS) is 10.4. The standard InChI is InChI=1S/C16H23N3O2/c1-4-19-10-9-17-16(19)12-18-14-11-13(20-5-2)7-8-15(14)21-6-3/h7-11,18H,4-6,12H2,1-3H3. The molecule has 0 bridgehead atoms. The van der Waals surface area contributed by atoms with Crippen molar-refractivity contribution in [3.63, 3.8) is 0 Å². The summed E-state index contributed by atoms with van der Waals surface area (Å²) in [5, 5.41) is 3.39. The largest absolute Gasteiger partial charge is 0.494 e. The molecule has 0 atom stereocenters. The molecule has 1 heterocycles. The molecule has 1 N–H and O–H groups in total. The van der Waals surface area contributed by atoms with Gasteiger partial charge in [0.2, 0.25) is 0 Å². The van der Waals surface area contributed by atoms with Crippen LogP contribution >= 0.6 is 0 Å². The summed E-state index contributed by atoms with van der Waals surface area (Å²) in [6.07, 6.45) is 3.80. The number of anilines is 1. The number of aromatic nitrogens is 2. The van der Waals surface area contributed by atoms with Crippen molar-refractivity contribution in [3.05, 3.63) is 36.4 Å². The van der Waals surface area contributed by atoms with Gasteiger partial charge in [0.1, 0.15) is 17.3 Å². The summed E-state index contributed by atoms with van der Waals surface area (Å²) >= 11 is 0. The van der Waals surface area contributed by atoms with Gasteiger partial charge in [-0.3, -0.25) is 0 Å². The minimum atomic E-state index is 0.631. The fourth-order valence-corrected chi connectivity index (χ4v) is 2.15. The smallest absolute Gasteiger partial charge is 0.142 e. The molecule has 2 rings (SSSR count). The zero-order chi connectivity index (χ0) is 15.1. The van der Waals surface area contributed by atoms with Gasteiger partial charge in [-0.1, -0.05) is 0 Å². The first-order valence-corrected chi connectivity index (χ1v) is 7.42. The van der Waals surface area contributed by atoms with Crippen molar-refractivity contribution in [1.29, 1.82) is 0 Å². The fraction of sp³-hybridized carbons (Fsp3) is 0.438. The second kappa shape index (κ2) is 7.57. The van der Waals surface area contributed by atoms with Crippen molar-refractivity contribution in [2.24, 2.45) is 0 Å². The summed E-state index contributed by atoms with van der Waals surface area (Å²) in [7, 11) is 0. The number of aryl methyl sites for hydroxylation is 1. The Morgan fingerprint density at radius 1 is 1.14 bits per heavy atom. The van der Waals surface area contributed by atoms with Crippen molar-refractivity contribution in [2.75, 3.05) is 18.5 Å². The maximum absolute atomic E-state index is 5.65. The van der Waals surface area contributed by atoms with E-state index in [9.17, 15) is 0 Å². The summed E-state index contributed by atoms with van der Waals surface area (Å²) < 4.78 is 13.3. The van der Waals surface area contributed by atoms with Gasteiger partial charge in [0, 0.05) is 25.0 Å². The molecule has 5 nitrogen and oxygen atoms in total. The van der Waals surface area contributed by atoms with E-state index in [-0.39, 0.29) is 0 Å². The van der Waals surface area contributed by atoms with Gasteiger partial charge in [-0.15, -0.1) is 0 Å². The van der Waals surface area contributed by atoms with Gasteiger partial charge in [-0.2, -0.15) is 0 Å². The minimum absolute atomic E-state index is 0.631. The van der Waals surface area contributed by atoms with Crippen molar-refractivity contribution in [1.82, 2.24) is 9.55 Å². The molecule has 0 spiro atoms. The van der Waals surface area contributed by atoms with Gasteiger partial charge in [0.05, 0.1) is 25.4 Å². The van der Waals surface area contributed by atoms with Crippen LogP contribution in [0, 0.1) is 0 Å². The molecule has 0 saturated heterocycles. The number of nitrogens with zero attached hydrogens (tertiary/aromatic N) is 2. The Kier molecular flexibility index (Phi) is 5.49. The molecule has 0 aliphatic rings. The molecule has 2 aromatic rings. The second-order valence-corrected chi connectivity index (χ2v) is 4.51. The van der Waals surface area contributed by atoms with Crippen LogP contribution in [-0.4, -0.2) is 22.8 Å². The van der Waals surface area contributed by atoms with Crippen LogP contribution in [0.5, 0.6) is 11.5 Å². The van der Waals surface area contributed by atoms with Crippen LogP contribution in [0.25, 0.3) is 0 Å². The molecule has 1 aromatic heterocycles. The van der Waals surface area contributed by atoms with E-state index in [1.165, 1.54) is 0 Å². The lowest BCUT2D eigenvalue weighted by Gasteiger charge is -2.14. The summed E-state index contributed by atoms with van der Waals surface area (Å²) in [5.74, 6) is 2.67. The van der Waals surface area contributed by atoms with Crippen LogP contribution in [0.3, 0.4) is 0 Å². The summed E-state index contributed by atoms with van der Waals surface area (Å²) in [6, 6.07) is 5.82. The lowest BCUT2D eigenvalue weighted by molar-refractivity contribution is 0.332. The molecule has 0 saturated carbocycles. The molecule has 0 radical (unpaired) electrons. The Labute approximate surface area is 125 Å². The fourth-order valence-electron chi connectivity index (χ4n) is 2.15. The number of nitrogens with one attached hydrogen (secondary N) is 1. The summed E-state index contributed by atoms with van der Waals surface area (Å²) in [6.45, 7) is 8.89. The first-order valence-electron chi connectivity index (χ1n) is 7.42. The van der Waals surface area contributed by atoms with Crippen molar-refractivity contribution in [3.8, 4) is 11.5 Å². The first-order chi connectivity index (χ1) is 10.3. The Hall–Kier alpha value is -2.17. The molecule has 21 heavy (non-hydrogen) atoms. The van der Waals surface area contributed by atoms with E-state index in [0.29, 0.717) is 19.8 Å². The predicted octanol–water partition coefficient (Wildman–Crippen LogP) is 3.31. The van der Waals surface area contributed by atoms with E-state index >= 15 is 0 Å². The van der Waals surface area contributed by atoms with Gasteiger partial charge in [-0.05, 0) is 32.9 Å². The minimum Gasteiger partial charge on any atom is -0.494 e. The van der Waals surface area contributed by atoms with Crippen LogP contribution in [0.1, 0.15) is 26.6 Å². The third kappa shape index (κ3) is 3.90. The Morgan fingerprint density at radius 3 is 2.67 bits per heavy atom. The van der Waals surface area contributed by atoms with E-state index in [1.54, 1.807) is 0 Å². The highest BCUT2D eigenvalue weighted by Crippen LogP contribution is 2.29. The van der Waals surface area contributed by atoms with Crippen molar-refractivity contribution in [2.45, 2.75) is 33.9 Å². The lowest BCUT2D eigenvalue weighted by Crippen LogP contribution is -2.09. The van der Waals surface area contributed by atoms with Crippen LogP contribution in [-0.2, 0) is 13.1 Å². The highest BCUT2D eigenvalue weighted by molar-refractivity contribution is 5.59. The zero-order valence-corrected chi connectivity index (χ0v) is 12.9. The molecule has 0 amide bonds. The predicted molar refractivity (Wildman–Crippen MR) is 84.0 cm³/mol. The van der Waals surface area contributed by atoms with Gasteiger partial charge in [0.25, 0.3) is 0 Å². The molecular formula is C16H23N3O2. The molecule has 114 valence electrons. The summed E-state index contributed by atoms with van der Waals surface area (Å²) in [5.41, 5.74) is 0.924. The van der Waals surface area contributed by atoms with Gasteiger partial charge in [-0.25, -0.2) is 4.98 Å². The van der Waals surface area contributed by atoms with Crippen molar-refractivity contribution < 1.29 is 9.47 Å². The van der Waals surface area contributed by atoms with Gasteiger partial charge < -0.3 is 19.4 Å². The molecule has 5 heteroatoms. The highest BCUT2D eigenvalue weighted by atomic mass is 16.5. The van der Waals surface area contributed by atoms with Gasteiger partial charge >= 0.3 is 0 Å². The van der Waals surface area contributed by atoms with Crippen LogP contribution in [0.4, 0.5) is 5.69 Å². The molecule has 0 unspecified atom stereocenters. The average Bonchev–Trinajstić information content (AvgIpc) is 2.95. The maximum atomic E-state index is 5.65. The van der Waals surface area contributed by atoms with E-state index in [0.717, 1.165) is 29.6 Å². The van der Waals surface area contributed by atoms with E-state index in [2.05, 4.69) is 21.8 Å². The highest BCUT2D eigenvalue weighted by Gasteiger charge is 2.07. The molecular weight excluding hydrogens is 266 g/mol. The number of rotatable bonds is 8. The zero-order valence-electron chi connectivity index (χ0n) is 12.9. The summed E-state index contributed by atoms with van der Waals surface area (Å²) in [4.78, 5) is 4.36. The number of hydrogen-bond donors (Lipinski definition) is 1. The average molecular weight is 289 g/mol. The number of hydrogen-bond acceptors (Lipinski definition) is 4. The molecule has 0 aliphatic heterocycles. The third-order valence-corrected chi connectivity index (χ3v) is 3.14.